The molecule has 0 radical (unpaired) electrons. The van der Waals surface area contributed by atoms with Gasteiger partial charge >= 0.3 is 5.69 Å². The van der Waals surface area contributed by atoms with E-state index in [1.165, 1.54) is 23.7 Å². The number of halogens is 1. The molecule has 0 spiro atoms. The molecule has 1 saturated heterocycles. The molecule has 10 nitrogen and oxygen atoms in total. The molecule has 1 aromatic carbocycles. The second-order valence-electron chi connectivity index (χ2n) is 9.01. The molecule has 0 bridgehead atoms. The molecule has 1 atom stereocenters. The van der Waals surface area contributed by atoms with Crippen LogP contribution in [0.3, 0.4) is 0 Å². The number of hydrazone groups is 1. The molecule has 4 heterocycles. The Morgan fingerprint density at radius 2 is 1.68 bits per heavy atom. The van der Waals surface area contributed by atoms with Gasteiger partial charge in [0.1, 0.15) is 5.82 Å². The third-order valence-corrected chi connectivity index (χ3v) is 6.97. The summed E-state index contributed by atoms with van der Waals surface area (Å²) in [5, 5.41) is 6.60. The smallest absolute Gasteiger partial charge is 0.332 e. The Morgan fingerprint density at radius 1 is 1.00 bits per heavy atom. The Bertz CT molecular complexity index is 1380. The van der Waals surface area contributed by atoms with Crippen LogP contribution in [0.25, 0.3) is 11.2 Å². The van der Waals surface area contributed by atoms with Gasteiger partial charge in [0.25, 0.3) is 5.56 Å². The van der Waals surface area contributed by atoms with Crippen LogP contribution in [0, 0.1) is 5.82 Å². The van der Waals surface area contributed by atoms with E-state index in [1.54, 1.807) is 7.05 Å². The van der Waals surface area contributed by atoms with Crippen LogP contribution in [0.5, 0.6) is 0 Å². The maximum absolute atomic E-state index is 13.2. The van der Waals surface area contributed by atoms with E-state index in [2.05, 4.69) is 14.8 Å². The van der Waals surface area contributed by atoms with E-state index in [0.717, 1.165) is 48.7 Å². The Kier molecular flexibility index (Phi) is 5.51. The van der Waals surface area contributed by atoms with Crippen LogP contribution in [0.2, 0.25) is 0 Å². The van der Waals surface area contributed by atoms with Gasteiger partial charge < -0.3 is 4.90 Å². The first-order valence-corrected chi connectivity index (χ1v) is 11.5. The van der Waals surface area contributed by atoms with Crippen LogP contribution >= 0.6 is 0 Å². The minimum atomic E-state index is -0.399. The summed E-state index contributed by atoms with van der Waals surface area (Å²) in [6, 6.07) is 6.49. The number of fused-ring (bicyclic) bond motifs is 3. The summed E-state index contributed by atoms with van der Waals surface area (Å²) >= 11 is 0. The van der Waals surface area contributed by atoms with Crippen LogP contribution in [0.4, 0.5) is 16.0 Å². The molecular formula is C23H29FN8O2. The Hall–Kier alpha value is -3.47. The van der Waals surface area contributed by atoms with Crippen LogP contribution in [0.15, 0.2) is 39.0 Å². The fraction of sp³-hybridized carbons (Fsp3) is 0.478. The first-order chi connectivity index (χ1) is 16.3. The molecule has 2 aliphatic rings. The Balaban J connectivity index is 1.35. The van der Waals surface area contributed by atoms with Gasteiger partial charge in [-0.25, -0.2) is 14.2 Å². The van der Waals surface area contributed by atoms with E-state index >= 15 is 0 Å². The third kappa shape index (κ3) is 3.60. The third-order valence-electron chi connectivity index (χ3n) is 6.97. The van der Waals surface area contributed by atoms with Gasteiger partial charge in [0.2, 0.25) is 5.95 Å². The van der Waals surface area contributed by atoms with Gasteiger partial charge in [0.15, 0.2) is 11.2 Å². The zero-order chi connectivity index (χ0) is 24.1. The minimum absolute atomic E-state index is 0.138. The quantitative estimate of drug-likeness (QED) is 0.571. The number of hydrogen-bond donors (Lipinski definition) is 0. The number of benzene rings is 1. The van der Waals surface area contributed by atoms with Crippen molar-refractivity contribution >= 4 is 28.5 Å². The number of imidazole rings is 1. The number of anilines is 2. The van der Waals surface area contributed by atoms with Gasteiger partial charge in [-0.1, -0.05) is 0 Å². The van der Waals surface area contributed by atoms with Gasteiger partial charge in [0, 0.05) is 52.5 Å². The largest absolute Gasteiger partial charge is 0.369 e. The standard InChI is InChI=1S/C23H29FN8O2/c1-15-16(2)32-19-20(27(3)23(34)28(4)21(19)33)25-22(32)31(26-15)14-11-29-9-12-30(13-10-29)18-7-5-17(24)6-8-18/h5-8,16H,9-14H2,1-4H3/t16-/m0/s1. The van der Waals surface area contributed by atoms with E-state index in [9.17, 15) is 14.0 Å². The highest BCUT2D eigenvalue weighted by Crippen LogP contribution is 2.29. The van der Waals surface area contributed by atoms with Gasteiger partial charge in [-0.05, 0) is 38.1 Å². The number of aromatic nitrogens is 4. The lowest BCUT2D eigenvalue weighted by molar-refractivity contribution is 0.262. The highest BCUT2D eigenvalue weighted by Gasteiger charge is 2.30. The summed E-state index contributed by atoms with van der Waals surface area (Å²) in [5.74, 6) is 0.356. The van der Waals surface area contributed by atoms with Crippen LogP contribution in [-0.4, -0.2) is 68.6 Å². The molecule has 2 aromatic heterocycles. The maximum Gasteiger partial charge on any atom is 0.332 e. The number of piperazine rings is 1. The SMILES string of the molecule is CC1=NN(CCN2CCN(c3ccc(F)cc3)CC2)c2nc3c(c(=O)n(C)c(=O)n3C)n2[C@H]1C. The van der Waals surface area contributed by atoms with Crippen molar-refractivity contribution in [3.63, 3.8) is 0 Å². The van der Waals surface area contributed by atoms with E-state index in [4.69, 9.17) is 5.10 Å². The number of nitrogens with zero attached hydrogens (tertiary/aromatic N) is 8. The molecule has 180 valence electrons. The molecule has 1 fully saturated rings. The molecule has 0 saturated carbocycles. The van der Waals surface area contributed by atoms with Crippen molar-refractivity contribution in [1.29, 1.82) is 0 Å². The summed E-state index contributed by atoms with van der Waals surface area (Å²) in [6.07, 6.45) is 0. The van der Waals surface area contributed by atoms with Crippen LogP contribution in [-0.2, 0) is 14.1 Å². The monoisotopic (exact) mass is 468 g/mol. The van der Waals surface area contributed by atoms with E-state index in [0.29, 0.717) is 23.7 Å². The highest BCUT2D eigenvalue weighted by atomic mass is 19.1. The van der Waals surface area contributed by atoms with Crippen molar-refractivity contribution in [2.45, 2.75) is 19.9 Å². The molecule has 0 amide bonds. The molecule has 0 N–H and O–H groups in total. The lowest BCUT2D eigenvalue weighted by Crippen LogP contribution is -2.48. The Labute approximate surface area is 196 Å². The lowest BCUT2D eigenvalue weighted by atomic mass is 10.2. The van der Waals surface area contributed by atoms with Crippen molar-refractivity contribution < 1.29 is 4.39 Å². The van der Waals surface area contributed by atoms with Gasteiger partial charge in [-0.3, -0.25) is 23.4 Å². The Morgan fingerprint density at radius 3 is 2.35 bits per heavy atom. The van der Waals surface area contributed by atoms with E-state index in [-0.39, 0.29) is 17.4 Å². The highest BCUT2D eigenvalue weighted by molar-refractivity contribution is 5.91. The second-order valence-corrected chi connectivity index (χ2v) is 9.01. The lowest BCUT2D eigenvalue weighted by Gasteiger charge is -2.37. The van der Waals surface area contributed by atoms with Crippen molar-refractivity contribution in [2.24, 2.45) is 19.2 Å². The van der Waals surface area contributed by atoms with Gasteiger partial charge in [-0.15, -0.1) is 0 Å². The fourth-order valence-corrected chi connectivity index (χ4v) is 4.73. The normalized spacial score (nSPS) is 19.0. The summed E-state index contributed by atoms with van der Waals surface area (Å²) < 4.78 is 17.6. The predicted octanol–water partition coefficient (Wildman–Crippen LogP) is 1.15. The van der Waals surface area contributed by atoms with Crippen LogP contribution < -0.4 is 21.2 Å². The van der Waals surface area contributed by atoms with E-state index in [1.807, 2.05) is 35.6 Å². The predicted molar refractivity (Wildman–Crippen MR) is 130 cm³/mol. The summed E-state index contributed by atoms with van der Waals surface area (Å²) in [7, 11) is 3.12. The van der Waals surface area contributed by atoms with Gasteiger partial charge in [-0.2, -0.15) is 10.1 Å². The van der Waals surface area contributed by atoms with Crippen molar-refractivity contribution in [3.05, 3.63) is 50.9 Å². The maximum atomic E-state index is 13.2. The van der Waals surface area contributed by atoms with Crippen molar-refractivity contribution in [2.75, 3.05) is 49.2 Å². The first-order valence-electron chi connectivity index (χ1n) is 11.5. The van der Waals surface area contributed by atoms with E-state index < -0.39 is 5.69 Å². The van der Waals surface area contributed by atoms with Crippen molar-refractivity contribution in [1.82, 2.24) is 23.6 Å². The molecule has 2 aliphatic heterocycles. The van der Waals surface area contributed by atoms with Crippen molar-refractivity contribution in [3.8, 4) is 0 Å². The molecule has 34 heavy (non-hydrogen) atoms. The first kappa shape index (κ1) is 22.3. The molecule has 11 heteroatoms. The number of hydrogen-bond acceptors (Lipinski definition) is 7. The molecule has 3 aromatic rings. The summed E-state index contributed by atoms with van der Waals surface area (Å²) in [5.41, 5.74) is 1.95. The van der Waals surface area contributed by atoms with Gasteiger partial charge in [0.05, 0.1) is 18.3 Å². The molecular weight excluding hydrogens is 439 g/mol. The molecule has 0 aliphatic carbocycles. The molecule has 0 unspecified atom stereocenters. The zero-order valence-electron chi connectivity index (χ0n) is 19.9. The topological polar surface area (TPSA) is 83.9 Å². The average molecular weight is 469 g/mol. The fourth-order valence-electron chi connectivity index (χ4n) is 4.73. The summed E-state index contributed by atoms with van der Waals surface area (Å²) in [4.78, 5) is 34.7. The summed E-state index contributed by atoms with van der Waals surface area (Å²) in [6.45, 7) is 8.82. The number of aryl methyl sites for hydroxylation is 1. The average Bonchev–Trinajstić information content (AvgIpc) is 3.25. The van der Waals surface area contributed by atoms with Crippen LogP contribution in [0.1, 0.15) is 19.9 Å². The number of rotatable bonds is 4. The zero-order valence-corrected chi connectivity index (χ0v) is 19.9. The second kappa shape index (κ2) is 8.39. The minimum Gasteiger partial charge on any atom is -0.369 e. The molecule has 5 rings (SSSR count).